The van der Waals surface area contributed by atoms with Crippen LogP contribution in [0.25, 0.3) is 0 Å². The van der Waals surface area contributed by atoms with Crippen molar-refractivity contribution in [2.45, 2.75) is 24.3 Å². The number of aromatic nitrogens is 2. The number of methoxy groups -OCH3 is 1. The molecule has 1 N–H and O–H groups in total. The normalized spacial score (nSPS) is 10.6. The molecule has 0 radical (unpaired) electrons. The van der Waals surface area contributed by atoms with E-state index in [1.54, 1.807) is 0 Å². The Bertz CT molecular complexity index is 765. The molecule has 0 fully saturated rings. The molecule has 1 aromatic heterocycles. The third kappa shape index (κ3) is 5.57. The molecule has 0 unspecified atom stereocenters. The number of hydrogen-bond donors (Lipinski definition) is 1. The van der Waals surface area contributed by atoms with Crippen LogP contribution in [0.5, 0.6) is 10.9 Å². The quantitative estimate of drug-likeness (QED) is 0.419. The highest BCUT2D eigenvalue weighted by molar-refractivity contribution is 8.01. The molecule has 0 aliphatic heterocycles. The van der Waals surface area contributed by atoms with Crippen LogP contribution in [0.15, 0.2) is 22.5 Å². The third-order valence-electron chi connectivity index (χ3n) is 2.72. The molecule has 0 aliphatic rings. The van der Waals surface area contributed by atoms with E-state index >= 15 is 0 Å². The molecule has 1 heterocycles. The largest absolute Gasteiger partial charge is 0.494 e. The molecule has 2 rings (SSSR count). The molecule has 0 aliphatic carbocycles. The molecular formula is C14H16N4O5S2. The van der Waals surface area contributed by atoms with E-state index < -0.39 is 4.92 Å². The first kappa shape index (κ1) is 18.9. The Kier molecular flexibility index (Phi) is 6.53. The van der Waals surface area contributed by atoms with E-state index in [0.717, 1.165) is 0 Å². The van der Waals surface area contributed by atoms with Gasteiger partial charge in [0.25, 0.3) is 10.9 Å². The van der Waals surface area contributed by atoms with Crippen LogP contribution in [-0.4, -0.2) is 40.0 Å². The van der Waals surface area contributed by atoms with Gasteiger partial charge in [-0.2, -0.15) is 0 Å². The summed E-state index contributed by atoms with van der Waals surface area (Å²) in [6, 6.07) is 3.98. The minimum absolute atomic E-state index is 0.00343. The summed E-state index contributed by atoms with van der Waals surface area (Å²) in [7, 11) is 1.38. The maximum atomic E-state index is 12.1. The molecular weight excluding hydrogens is 368 g/mol. The van der Waals surface area contributed by atoms with E-state index in [2.05, 4.69) is 15.5 Å². The van der Waals surface area contributed by atoms with Gasteiger partial charge in [0.1, 0.15) is 5.75 Å². The first-order valence-electron chi connectivity index (χ1n) is 7.14. The summed E-state index contributed by atoms with van der Waals surface area (Å²) in [6.07, 6.45) is 0.00343. The predicted octanol–water partition coefficient (Wildman–Crippen LogP) is 2.97. The molecule has 1 aromatic carbocycles. The number of carbonyl (C=O) groups excluding carboxylic acids is 1. The van der Waals surface area contributed by atoms with Gasteiger partial charge in [0, 0.05) is 6.07 Å². The Balaban J connectivity index is 1.94. The molecule has 25 heavy (non-hydrogen) atoms. The zero-order valence-corrected chi connectivity index (χ0v) is 15.3. The second-order valence-corrected chi connectivity index (χ2v) is 7.14. The lowest BCUT2D eigenvalue weighted by molar-refractivity contribution is -0.384. The zero-order valence-electron chi connectivity index (χ0n) is 13.7. The van der Waals surface area contributed by atoms with Gasteiger partial charge in [-0.15, -0.1) is 5.10 Å². The number of thioether (sulfide) groups is 1. The average Bonchev–Trinajstić information content (AvgIpc) is 2.99. The summed E-state index contributed by atoms with van der Waals surface area (Å²) in [4.78, 5) is 22.3. The molecule has 0 atom stereocenters. The Labute approximate surface area is 151 Å². The molecule has 11 heteroatoms. The number of rotatable bonds is 8. The van der Waals surface area contributed by atoms with E-state index in [9.17, 15) is 14.9 Å². The third-order valence-corrected chi connectivity index (χ3v) is 4.67. The number of ether oxygens (including phenoxy) is 2. The highest BCUT2D eigenvalue weighted by Crippen LogP contribution is 2.30. The van der Waals surface area contributed by atoms with Crippen LogP contribution >= 0.6 is 23.1 Å². The first-order valence-corrected chi connectivity index (χ1v) is 8.94. The molecule has 134 valence electrons. The second-order valence-electron chi connectivity index (χ2n) is 4.98. The van der Waals surface area contributed by atoms with Crippen LogP contribution in [-0.2, 0) is 4.79 Å². The SMILES string of the molecule is COc1cc([N+](=O)[O-])ccc1NC(=O)CSc1nnc(OC(C)C)s1. The second kappa shape index (κ2) is 8.62. The van der Waals surface area contributed by atoms with Crippen LogP contribution < -0.4 is 14.8 Å². The number of nitro groups is 1. The molecule has 9 nitrogen and oxygen atoms in total. The maximum Gasteiger partial charge on any atom is 0.295 e. The van der Waals surface area contributed by atoms with Crippen molar-refractivity contribution in [3.8, 4) is 10.9 Å². The number of anilines is 1. The topological polar surface area (TPSA) is 116 Å². The lowest BCUT2D eigenvalue weighted by atomic mass is 10.2. The number of nitrogens with zero attached hydrogens (tertiary/aromatic N) is 3. The highest BCUT2D eigenvalue weighted by Gasteiger charge is 2.14. The molecule has 0 saturated heterocycles. The van der Waals surface area contributed by atoms with Crippen LogP contribution in [0.2, 0.25) is 0 Å². The number of carbonyl (C=O) groups is 1. The summed E-state index contributed by atoms with van der Waals surface area (Å²) in [5.74, 6) is 0.0333. The van der Waals surface area contributed by atoms with Crippen molar-refractivity contribution in [1.82, 2.24) is 10.2 Å². The minimum Gasteiger partial charge on any atom is -0.494 e. The summed E-state index contributed by atoms with van der Waals surface area (Å²) in [5, 5.41) is 21.7. The van der Waals surface area contributed by atoms with Crippen LogP contribution in [0.1, 0.15) is 13.8 Å². The van der Waals surface area contributed by atoms with Gasteiger partial charge >= 0.3 is 0 Å². The van der Waals surface area contributed by atoms with Gasteiger partial charge in [0.2, 0.25) is 5.91 Å². The van der Waals surface area contributed by atoms with Crippen molar-refractivity contribution < 1.29 is 19.2 Å². The number of non-ortho nitro benzene ring substituents is 1. The van der Waals surface area contributed by atoms with Gasteiger partial charge in [0.15, 0.2) is 4.34 Å². The van der Waals surface area contributed by atoms with Crippen molar-refractivity contribution >= 4 is 40.4 Å². The molecule has 0 spiro atoms. The number of hydrogen-bond acceptors (Lipinski definition) is 9. The van der Waals surface area contributed by atoms with Crippen molar-refractivity contribution in [3.63, 3.8) is 0 Å². The van der Waals surface area contributed by atoms with Gasteiger partial charge in [-0.3, -0.25) is 14.9 Å². The Hall–Kier alpha value is -2.40. The smallest absolute Gasteiger partial charge is 0.295 e. The zero-order chi connectivity index (χ0) is 18.4. The van der Waals surface area contributed by atoms with Crippen LogP contribution in [0, 0.1) is 10.1 Å². The lowest BCUT2D eigenvalue weighted by Crippen LogP contribution is -2.14. The Morgan fingerprint density at radius 1 is 1.44 bits per heavy atom. The summed E-state index contributed by atoms with van der Waals surface area (Å²) >= 11 is 2.48. The minimum atomic E-state index is -0.531. The fourth-order valence-electron chi connectivity index (χ4n) is 1.72. The van der Waals surface area contributed by atoms with Gasteiger partial charge in [-0.1, -0.05) is 16.9 Å². The fraction of sp³-hybridized carbons (Fsp3) is 0.357. The summed E-state index contributed by atoms with van der Waals surface area (Å²) < 4.78 is 11.1. The van der Waals surface area contributed by atoms with E-state index in [0.29, 0.717) is 15.2 Å². The Morgan fingerprint density at radius 2 is 2.20 bits per heavy atom. The number of benzene rings is 1. The van der Waals surface area contributed by atoms with Crippen molar-refractivity contribution in [2.24, 2.45) is 0 Å². The van der Waals surface area contributed by atoms with Gasteiger partial charge in [-0.25, -0.2) is 0 Å². The standard InChI is InChI=1S/C14H16N4O5S2/c1-8(2)23-13-16-17-14(25-13)24-7-12(19)15-10-5-4-9(18(20)21)6-11(10)22-3/h4-6,8H,7H2,1-3H3,(H,15,19). The fourth-order valence-corrected chi connectivity index (χ4v) is 3.32. The average molecular weight is 384 g/mol. The monoisotopic (exact) mass is 384 g/mol. The van der Waals surface area contributed by atoms with E-state index in [1.807, 2.05) is 13.8 Å². The highest BCUT2D eigenvalue weighted by atomic mass is 32.2. The van der Waals surface area contributed by atoms with Gasteiger partial charge in [-0.05, 0) is 31.3 Å². The van der Waals surface area contributed by atoms with E-state index in [4.69, 9.17) is 9.47 Å². The number of nitro benzene ring substituents is 1. The van der Waals surface area contributed by atoms with Crippen molar-refractivity contribution in [1.29, 1.82) is 0 Å². The van der Waals surface area contributed by atoms with Crippen LogP contribution in [0.4, 0.5) is 11.4 Å². The van der Waals surface area contributed by atoms with Gasteiger partial charge < -0.3 is 14.8 Å². The lowest BCUT2D eigenvalue weighted by Gasteiger charge is -2.09. The Morgan fingerprint density at radius 3 is 2.84 bits per heavy atom. The molecule has 0 bridgehead atoms. The summed E-state index contributed by atoms with van der Waals surface area (Å²) in [5.41, 5.74) is 0.246. The first-order chi connectivity index (χ1) is 11.9. The predicted molar refractivity (Wildman–Crippen MR) is 94.7 cm³/mol. The van der Waals surface area contributed by atoms with Gasteiger partial charge in [0.05, 0.1) is 35.6 Å². The molecule has 0 saturated carbocycles. The van der Waals surface area contributed by atoms with E-state index in [1.165, 1.54) is 48.4 Å². The van der Waals surface area contributed by atoms with Crippen LogP contribution in [0.3, 0.4) is 0 Å². The van der Waals surface area contributed by atoms with Crippen molar-refractivity contribution in [2.75, 3.05) is 18.2 Å². The maximum absolute atomic E-state index is 12.1. The molecule has 2 aromatic rings. The number of nitrogens with one attached hydrogen (secondary N) is 1. The summed E-state index contributed by atoms with van der Waals surface area (Å²) in [6.45, 7) is 3.78. The number of amides is 1. The molecule has 1 amide bonds. The van der Waals surface area contributed by atoms with E-state index in [-0.39, 0.29) is 29.2 Å². The van der Waals surface area contributed by atoms with Crippen molar-refractivity contribution in [3.05, 3.63) is 28.3 Å².